The van der Waals surface area contributed by atoms with Gasteiger partial charge < -0.3 is 24.6 Å². The van der Waals surface area contributed by atoms with E-state index in [0.717, 1.165) is 6.07 Å². The number of hydrogen-bond acceptors (Lipinski definition) is 8. The van der Waals surface area contributed by atoms with E-state index in [4.69, 9.17) is 9.47 Å². The van der Waals surface area contributed by atoms with Crippen LogP contribution in [0.1, 0.15) is 0 Å². The lowest BCUT2D eigenvalue weighted by Crippen LogP contribution is -2.41. The summed E-state index contributed by atoms with van der Waals surface area (Å²) in [6.45, 7) is -0.422. The maximum absolute atomic E-state index is 12.5. The van der Waals surface area contributed by atoms with Gasteiger partial charge in [-0.15, -0.1) is 0 Å². The summed E-state index contributed by atoms with van der Waals surface area (Å²) in [6, 6.07) is 8.77. The van der Waals surface area contributed by atoms with Crippen molar-refractivity contribution in [2.24, 2.45) is 0 Å². The molecule has 2 aromatic carbocycles. The lowest BCUT2D eigenvalue weighted by molar-refractivity contribution is -0.384. The van der Waals surface area contributed by atoms with E-state index in [1.165, 1.54) is 21.9 Å². The number of nitrogens with zero attached hydrogens (tertiary/aromatic N) is 3. The van der Waals surface area contributed by atoms with Gasteiger partial charge in [0.25, 0.3) is 11.6 Å². The van der Waals surface area contributed by atoms with Crippen LogP contribution in [-0.2, 0) is 14.4 Å². The second-order valence-electron chi connectivity index (χ2n) is 6.71. The Morgan fingerprint density at radius 2 is 1.93 bits per heavy atom. The molecule has 2 aromatic rings. The average molecular weight is 412 g/mol. The Morgan fingerprint density at radius 3 is 2.70 bits per heavy atom. The largest absolute Gasteiger partial charge is 0.481 e. The molecule has 0 spiro atoms. The second kappa shape index (κ2) is 7.35. The number of likely N-dealkylation sites (N-methyl/N-ethyl adjacent to an activating group) is 1. The molecule has 11 heteroatoms. The number of carbonyl (C=O) groups excluding carboxylic acids is 3. The van der Waals surface area contributed by atoms with E-state index in [1.54, 1.807) is 25.2 Å². The van der Waals surface area contributed by atoms with Crippen LogP contribution in [0.5, 0.6) is 11.5 Å². The van der Waals surface area contributed by atoms with Crippen molar-refractivity contribution in [2.75, 3.05) is 41.9 Å². The molecule has 0 saturated carbocycles. The summed E-state index contributed by atoms with van der Waals surface area (Å²) in [5.74, 6) is -0.702. The SMILES string of the molecule is CN1C(=O)COc2cc(NC(=O)CN3CC(=O)Oc4cc([N+](=O)[O-])ccc43)ccc21. The van der Waals surface area contributed by atoms with Crippen molar-refractivity contribution in [1.29, 1.82) is 0 Å². The molecule has 2 aliphatic heterocycles. The molecule has 0 fully saturated rings. The van der Waals surface area contributed by atoms with Crippen molar-refractivity contribution in [3.63, 3.8) is 0 Å². The van der Waals surface area contributed by atoms with Crippen LogP contribution in [0.2, 0.25) is 0 Å². The highest BCUT2D eigenvalue weighted by atomic mass is 16.6. The van der Waals surface area contributed by atoms with Gasteiger partial charge in [0, 0.05) is 24.9 Å². The maximum Gasteiger partial charge on any atom is 0.331 e. The Balaban J connectivity index is 1.49. The number of nitro groups is 1. The summed E-state index contributed by atoms with van der Waals surface area (Å²) >= 11 is 0. The standard InChI is InChI=1S/C19H16N4O7/c1-21-13-4-2-11(6-15(13)29-10-18(21)25)20-17(24)8-22-9-19(26)30-16-7-12(23(27)28)3-5-14(16)22/h2-7H,8-10H2,1H3,(H,20,24). The first-order valence-corrected chi connectivity index (χ1v) is 8.89. The molecule has 30 heavy (non-hydrogen) atoms. The molecule has 0 unspecified atom stereocenters. The van der Waals surface area contributed by atoms with Gasteiger partial charge in [-0.05, 0) is 18.2 Å². The number of esters is 1. The number of amides is 2. The molecule has 2 aliphatic rings. The zero-order valence-corrected chi connectivity index (χ0v) is 15.8. The number of rotatable bonds is 4. The van der Waals surface area contributed by atoms with Crippen LogP contribution < -0.4 is 24.6 Å². The number of carbonyl (C=O) groups is 3. The molecule has 2 amide bonds. The Morgan fingerprint density at radius 1 is 1.17 bits per heavy atom. The molecular formula is C19H16N4O7. The van der Waals surface area contributed by atoms with Crippen molar-refractivity contribution in [3.8, 4) is 11.5 Å². The Hall–Kier alpha value is -4.15. The lowest BCUT2D eigenvalue weighted by atomic mass is 10.2. The van der Waals surface area contributed by atoms with Crippen molar-refractivity contribution in [1.82, 2.24) is 0 Å². The van der Waals surface area contributed by atoms with E-state index in [0.29, 0.717) is 22.8 Å². The molecule has 0 aliphatic carbocycles. The smallest absolute Gasteiger partial charge is 0.331 e. The van der Waals surface area contributed by atoms with Crippen LogP contribution in [0.3, 0.4) is 0 Å². The fourth-order valence-corrected chi connectivity index (χ4v) is 3.23. The fourth-order valence-electron chi connectivity index (χ4n) is 3.23. The minimum absolute atomic E-state index is 0.0307. The highest BCUT2D eigenvalue weighted by Crippen LogP contribution is 2.36. The summed E-state index contributed by atoms with van der Waals surface area (Å²) in [5.41, 5.74) is 1.25. The highest BCUT2D eigenvalue weighted by Gasteiger charge is 2.28. The van der Waals surface area contributed by atoms with Crippen LogP contribution in [0.15, 0.2) is 36.4 Å². The van der Waals surface area contributed by atoms with Crippen LogP contribution in [-0.4, -0.2) is 49.5 Å². The summed E-state index contributed by atoms with van der Waals surface area (Å²) in [4.78, 5) is 49.4. The van der Waals surface area contributed by atoms with Gasteiger partial charge in [0.05, 0.1) is 28.9 Å². The number of nitrogens with one attached hydrogen (secondary N) is 1. The molecule has 11 nitrogen and oxygen atoms in total. The summed E-state index contributed by atoms with van der Waals surface area (Å²) in [7, 11) is 1.64. The van der Waals surface area contributed by atoms with E-state index in [2.05, 4.69) is 5.32 Å². The van der Waals surface area contributed by atoms with E-state index < -0.39 is 16.8 Å². The fraction of sp³-hybridized carbons (Fsp3) is 0.211. The molecule has 0 saturated heterocycles. The zero-order valence-electron chi connectivity index (χ0n) is 15.8. The van der Waals surface area contributed by atoms with Gasteiger partial charge in [-0.1, -0.05) is 0 Å². The molecule has 2 heterocycles. The lowest BCUT2D eigenvalue weighted by Gasteiger charge is -2.29. The molecule has 0 bridgehead atoms. The second-order valence-corrected chi connectivity index (χ2v) is 6.71. The van der Waals surface area contributed by atoms with Crippen LogP contribution in [0.4, 0.5) is 22.7 Å². The van der Waals surface area contributed by atoms with Crippen molar-refractivity contribution in [3.05, 3.63) is 46.5 Å². The van der Waals surface area contributed by atoms with Crippen molar-refractivity contribution >= 4 is 40.5 Å². The highest BCUT2D eigenvalue weighted by molar-refractivity contribution is 5.99. The first kappa shape index (κ1) is 19.2. The number of nitro benzene ring substituents is 1. The molecule has 154 valence electrons. The van der Waals surface area contributed by atoms with Crippen LogP contribution >= 0.6 is 0 Å². The number of anilines is 3. The minimum atomic E-state index is -0.620. The number of hydrogen-bond donors (Lipinski definition) is 1. The van der Waals surface area contributed by atoms with E-state index in [9.17, 15) is 24.5 Å². The maximum atomic E-state index is 12.5. The van der Waals surface area contributed by atoms with Crippen LogP contribution in [0.25, 0.3) is 0 Å². The van der Waals surface area contributed by atoms with Crippen LogP contribution in [0, 0.1) is 10.1 Å². The van der Waals surface area contributed by atoms with Gasteiger partial charge >= 0.3 is 5.97 Å². The summed E-state index contributed by atoms with van der Waals surface area (Å²) in [6.07, 6.45) is 0. The summed E-state index contributed by atoms with van der Waals surface area (Å²) in [5, 5.41) is 13.6. The quantitative estimate of drug-likeness (QED) is 0.344. The molecule has 4 rings (SSSR count). The Bertz CT molecular complexity index is 1080. The molecule has 0 atom stereocenters. The number of benzene rings is 2. The minimum Gasteiger partial charge on any atom is -0.481 e. The molecule has 0 aromatic heterocycles. The van der Waals surface area contributed by atoms with Gasteiger partial charge in [0.15, 0.2) is 12.4 Å². The average Bonchev–Trinajstić information content (AvgIpc) is 2.70. The Kier molecular flexibility index (Phi) is 4.70. The van der Waals surface area contributed by atoms with E-state index >= 15 is 0 Å². The van der Waals surface area contributed by atoms with Gasteiger partial charge in [-0.2, -0.15) is 0 Å². The monoisotopic (exact) mass is 412 g/mol. The number of fused-ring (bicyclic) bond motifs is 2. The van der Waals surface area contributed by atoms with E-state index in [-0.39, 0.29) is 37.0 Å². The predicted molar refractivity (Wildman–Crippen MR) is 105 cm³/mol. The number of ether oxygens (including phenoxy) is 2. The molecule has 0 radical (unpaired) electrons. The predicted octanol–water partition coefficient (Wildman–Crippen LogP) is 1.31. The third-order valence-electron chi connectivity index (χ3n) is 4.70. The topological polar surface area (TPSA) is 131 Å². The molecule has 1 N–H and O–H groups in total. The number of non-ortho nitro benzene ring substituents is 1. The third-order valence-corrected chi connectivity index (χ3v) is 4.70. The third kappa shape index (κ3) is 3.60. The van der Waals surface area contributed by atoms with Gasteiger partial charge in [0.2, 0.25) is 5.91 Å². The first-order valence-electron chi connectivity index (χ1n) is 8.89. The van der Waals surface area contributed by atoms with Gasteiger partial charge in [-0.25, -0.2) is 4.79 Å². The summed E-state index contributed by atoms with van der Waals surface area (Å²) < 4.78 is 10.5. The van der Waals surface area contributed by atoms with E-state index in [1.807, 2.05) is 0 Å². The van der Waals surface area contributed by atoms with Crippen molar-refractivity contribution in [2.45, 2.75) is 0 Å². The van der Waals surface area contributed by atoms with Gasteiger partial charge in [-0.3, -0.25) is 19.7 Å². The first-order chi connectivity index (χ1) is 14.3. The van der Waals surface area contributed by atoms with Crippen molar-refractivity contribution < 1.29 is 28.8 Å². The molecular weight excluding hydrogens is 396 g/mol. The van der Waals surface area contributed by atoms with Gasteiger partial charge in [0.1, 0.15) is 12.3 Å². The normalized spacial score (nSPS) is 15.0. The Labute approximate surface area is 169 Å². The zero-order chi connectivity index (χ0) is 21.4.